The highest BCUT2D eigenvalue weighted by Gasteiger charge is 1.87. The summed E-state index contributed by atoms with van der Waals surface area (Å²) in [6.45, 7) is 2.04. The van der Waals surface area contributed by atoms with Gasteiger partial charge in [0.1, 0.15) is 0 Å². The zero-order chi connectivity index (χ0) is 11.9. The third-order valence-corrected chi connectivity index (χ3v) is 2.21. The van der Waals surface area contributed by atoms with Crippen molar-refractivity contribution in [1.82, 2.24) is 4.98 Å². The van der Waals surface area contributed by atoms with Crippen molar-refractivity contribution in [1.29, 1.82) is 0 Å². The molecule has 2 rings (SSSR count). The van der Waals surface area contributed by atoms with E-state index in [1.165, 1.54) is 5.56 Å². The fraction of sp³-hybridized carbons (Fsp3) is 0.0714. The minimum Gasteiger partial charge on any atom is -0.257 e. The first-order chi connectivity index (χ1) is 8.34. The van der Waals surface area contributed by atoms with Crippen LogP contribution in [-0.2, 0) is 0 Å². The van der Waals surface area contributed by atoms with E-state index in [2.05, 4.69) is 15.2 Å². The van der Waals surface area contributed by atoms with Crippen LogP contribution in [0.4, 0.5) is 5.69 Å². The second-order valence-corrected chi connectivity index (χ2v) is 3.62. The summed E-state index contributed by atoms with van der Waals surface area (Å²) in [6.07, 6.45) is 5.21. The predicted molar refractivity (Wildman–Crippen MR) is 69.0 cm³/mol. The Hall–Kier alpha value is -2.29. The van der Waals surface area contributed by atoms with Gasteiger partial charge < -0.3 is 0 Å². The molecule has 0 fully saturated rings. The maximum absolute atomic E-state index is 4.15. The molecule has 0 N–H and O–H groups in total. The van der Waals surface area contributed by atoms with Crippen LogP contribution < -0.4 is 0 Å². The standard InChI is InChI=1S/C14H13N3/c1-12-5-7-14(8-6-12)17-16-11-9-13-4-2-3-10-15-13/h2-11H,1H3/b11-9+,17-16?. The number of hydrogen-bond donors (Lipinski definition) is 0. The fourth-order valence-electron chi connectivity index (χ4n) is 1.30. The summed E-state index contributed by atoms with van der Waals surface area (Å²) >= 11 is 0. The molecular formula is C14H13N3. The number of rotatable bonds is 3. The molecule has 0 saturated heterocycles. The second-order valence-electron chi connectivity index (χ2n) is 3.62. The van der Waals surface area contributed by atoms with E-state index in [1.807, 2.05) is 55.5 Å². The molecule has 0 unspecified atom stereocenters. The Balaban J connectivity index is 1.98. The smallest absolute Gasteiger partial charge is 0.0857 e. The third-order valence-electron chi connectivity index (χ3n) is 2.21. The van der Waals surface area contributed by atoms with Crippen molar-refractivity contribution < 1.29 is 0 Å². The number of pyridine rings is 1. The average molecular weight is 223 g/mol. The summed E-state index contributed by atoms with van der Waals surface area (Å²) in [5.41, 5.74) is 2.93. The molecule has 84 valence electrons. The van der Waals surface area contributed by atoms with Crippen molar-refractivity contribution in [2.75, 3.05) is 0 Å². The zero-order valence-electron chi connectivity index (χ0n) is 9.62. The molecule has 0 aliphatic heterocycles. The lowest BCUT2D eigenvalue weighted by molar-refractivity contribution is 1.22. The van der Waals surface area contributed by atoms with Crippen LogP contribution in [0.25, 0.3) is 6.08 Å². The minimum absolute atomic E-state index is 0.848. The first kappa shape index (κ1) is 11.2. The van der Waals surface area contributed by atoms with E-state index < -0.39 is 0 Å². The Bertz CT molecular complexity index is 513. The molecule has 0 spiro atoms. The van der Waals surface area contributed by atoms with Crippen LogP contribution in [0.3, 0.4) is 0 Å². The Morgan fingerprint density at radius 2 is 1.88 bits per heavy atom. The molecule has 0 aliphatic carbocycles. The van der Waals surface area contributed by atoms with Crippen LogP contribution in [0, 0.1) is 6.92 Å². The van der Waals surface area contributed by atoms with E-state index in [0.29, 0.717) is 0 Å². The van der Waals surface area contributed by atoms with Crippen molar-refractivity contribution in [3.63, 3.8) is 0 Å². The highest BCUT2D eigenvalue weighted by atomic mass is 15.1. The Morgan fingerprint density at radius 3 is 2.59 bits per heavy atom. The molecule has 2 aromatic rings. The maximum atomic E-state index is 4.15. The first-order valence-electron chi connectivity index (χ1n) is 5.40. The summed E-state index contributed by atoms with van der Waals surface area (Å²) in [6, 6.07) is 13.6. The lowest BCUT2D eigenvalue weighted by Crippen LogP contribution is -1.74. The molecule has 1 heterocycles. The van der Waals surface area contributed by atoms with Gasteiger partial charge in [0.25, 0.3) is 0 Å². The van der Waals surface area contributed by atoms with Gasteiger partial charge in [-0.15, -0.1) is 0 Å². The number of hydrogen-bond acceptors (Lipinski definition) is 3. The van der Waals surface area contributed by atoms with Crippen molar-refractivity contribution in [3.8, 4) is 0 Å². The lowest BCUT2D eigenvalue weighted by atomic mass is 10.2. The van der Waals surface area contributed by atoms with Gasteiger partial charge in [0.15, 0.2) is 0 Å². The van der Waals surface area contributed by atoms with Gasteiger partial charge >= 0.3 is 0 Å². The Kier molecular flexibility index (Phi) is 3.76. The van der Waals surface area contributed by atoms with Gasteiger partial charge in [-0.3, -0.25) is 4.98 Å². The van der Waals surface area contributed by atoms with E-state index in [4.69, 9.17) is 0 Å². The van der Waals surface area contributed by atoms with Crippen LogP contribution in [0.15, 0.2) is 65.1 Å². The number of aryl methyl sites for hydroxylation is 1. The average Bonchev–Trinajstić information content (AvgIpc) is 2.38. The van der Waals surface area contributed by atoms with Gasteiger partial charge in [0.2, 0.25) is 0 Å². The SMILES string of the molecule is Cc1ccc(N=N/C=C/c2ccccn2)cc1. The van der Waals surface area contributed by atoms with Crippen molar-refractivity contribution in [2.24, 2.45) is 10.2 Å². The summed E-state index contributed by atoms with van der Waals surface area (Å²) in [7, 11) is 0. The Morgan fingerprint density at radius 1 is 1.06 bits per heavy atom. The number of azo groups is 1. The summed E-state index contributed by atoms with van der Waals surface area (Å²) < 4.78 is 0. The molecular weight excluding hydrogens is 210 g/mol. The van der Waals surface area contributed by atoms with Crippen LogP contribution in [-0.4, -0.2) is 4.98 Å². The normalized spacial score (nSPS) is 11.4. The van der Waals surface area contributed by atoms with Crippen LogP contribution >= 0.6 is 0 Å². The molecule has 1 aromatic carbocycles. The summed E-state index contributed by atoms with van der Waals surface area (Å²) in [5.74, 6) is 0. The van der Waals surface area contributed by atoms with E-state index in [9.17, 15) is 0 Å². The van der Waals surface area contributed by atoms with Crippen LogP contribution in [0.2, 0.25) is 0 Å². The first-order valence-corrected chi connectivity index (χ1v) is 5.40. The van der Waals surface area contributed by atoms with Gasteiger partial charge in [-0.2, -0.15) is 10.2 Å². The van der Waals surface area contributed by atoms with Crippen molar-refractivity contribution in [3.05, 3.63) is 66.1 Å². The number of nitrogens with zero attached hydrogens (tertiary/aromatic N) is 3. The van der Waals surface area contributed by atoms with E-state index >= 15 is 0 Å². The molecule has 0 atom stereocenters. The van der Waals surface area contributed by atoms with E-state index in [1.54, 1.807) is 12.4 Å². The van der Waals surface area contributed by atoms with Gasteiger partial charge in [-0.1, -0.05) is 23.8 Å². The topological polar surface area (TPSA) is 37.6 Å². The largest absolute Gasteiger partial charge is 0.257 e. The van der Waals surface area contributed by atoms with Gasteiger partial charge in [0.05, 0.1) is 17.6 Å². The van der Waals surface area contributed by atoms with Crippen LogP contribution in [0.1, 0.15) is 11.3 Å². The van der Waals surface area contributed by atoms with Crippen molar-refractivity contribution >= 4 is 11.8 Å². The zero-order valence-corrected chi connectivity index (χ0v) is 9.62. The van der Waals surface area contributed by atoms with Crippen LogP contribution in [0.5, 0.6) is 0 Å². The molecule has 0 amide bonds. The predicted octanol–water partition coefficient (Wildman–Crippen LogP) is 4.14. The molecule has 3 nitrogen and oxygen atoms in total. The quantitative estimate of drug-likeness (QED) is 0.720. The molecule has 0 radical (unpaired) electrons. The number of aromatic nitrogens is 1. The second kappa shape index (κ2) is 5.70. The monoisotopic (exact) mass is 223 g/mol. The number of benzene rings is 1. The highest BCUT2D eigenvalue weighted by Crippen LogP contribution is 2.12. The molecule has 1 aromatic heterocycles. The lowest BCUT2D eigenvalue weighted by Gasteiger charge is -1.91. The molecule has 0 saturated carbocycles. The Labute approximate surface area is 101 Å². The molecule has 0 aliphatic rings. The third kappa shape index (κ3) is 3.65. The minimum atomic E-state index is 0.848. The molecule has 17 heavy (non-hydrogen) atoms. The van der Waals surface area contributed by atoms with E-state index in [-0.39, 0.29) is 0 Å². The van der Waals surface area contributed by atoms with Crippen molar-refractivity contribution in [2.45, 2.75) is 6.92 Å². The van der Waals surface area contributed by atoms with E-state index in [0.717, 1.165) is 11.4 Å². The summed E-state index contributed by atoms with van der Waals surface area (Å²) in [4.78, 5) is 4.15. The summed E-state index contributed by atoms with van der Waals surface area (Å²) in [5, 5.41) is 8.04. The highest BCUT2D eigenvalue weighted by molar-refractivity contribution is 5.43. The maximum Gasteiger partial charge on any atom is 0.0857 e. The van der Waals surface area contributed by atoms with Gasteiger partial charge in [0, 0.05) is 6.20 Å². The fourth-order valence-corrected chi connectivity index (χ4v) is 1.30. The van der Waals surface area contributed by atoms with Gasteiger partial charge in [-0.05, 0) is 37.3 Å². The molecule has 0 bridgehead atoms. The van der Waals surface area contributed by atoms with Gasteiger partial charge in [-0.25, -0.2) is 0 Å². The molecule has 3 heteroatoms.